The zero-order chi connectivity index (χ0) is 14.8. The van der Waals surface area contributed by atoms with Crippen molar-refractivity contribution in [3.8, 4) is 0 Å². The molecule has 0 spiro atoms. The highest BCUT2D eigenvalue weighted by Gasteiger charge is 2.30. The number of ether oxygens (including phenoxy) is 1. The topological polar surface area (TPSA) is 9.23 Å². The Balaban J connectivity index is 2.01. The quantitative estimate of drug-likeness (QED) is 0.748. The third-order valence-electron chi connectivity index (χ3n) is 3.61. The van der Waals surface area contributed by atoms with E-state index < -0.39 is 11.7 Å². The zero-order valence-electron chi connectivity index (χ0n) is 11.7. The molecule has 1 nitrogen and oxygen atoms in total. The summed E-state index contributed by atoms with van der Waals surface area (Å²) in [6, 6.07) is 5.16. The lowest BCUT2D eigenvalue weighted by molar-refractivity contribution is -0.137. The van der Waals surface area contributed by atoms with Crippen molar-refractivity contribution in [3.63, 3.8) is 0 Å². The average molecular weight is 284 g/mol. The first-order chi connectivity index (χ1) is 9.26. The van der Waals surface area contributed by atoms with Gasteiger partial charge in [-0.05, 0) is 36.0 Å². The summed E-state index contributed by atoms with van der Waals surface area (Å²) in [6.07, 6.45) is 1.50. The first-order valence-electron chi connectivity index (χ1n) is 6.73. The molecule has 0 amide bonds. The summed E-state index contributed by atoms with van der Waals surface area (Å²) in [6.45, 7) is 5.14. The molecule has 1 aromatic carbocycles. The van der Waals surface area contributed by atoms with E-state index in [4.69, 9.17) is 4.74 Å². The average Bonchev–Trinajstić information content (AvgIpc) is 2.35. The van der Waals surface area contributed by atoms with Crippen LogP contribution in [0.5, 0.6) is 0 Å². The highest BCUT2D eigenvalue weighted by molar-refractivity contribution is 5.50. The number of hydrogen-bond donors (Lipinski definition) is 0. The van der Waals surface area contributed by atoms with Crippen LogP contribution in [0.25, 0.3) is 6.08 Å². The molecular formula is C16H19F3O. The van der Waals surface area contributed by atoms with Gasteiger partial charge in [-0.3, -0.25) is 0 Å². The molecule has 2 rings (SSSR count). The maximum atomic E-state index is 12.4. The second-order valence-electron chi connectivity index (χ2n) is 6.01. The van der Waals surface area contributed by atoms with Crippen molar-refractivity contribution < 1.29 is 17.9 Å². The van der Waals surface area contributed by atoms with Crippen LogP contribution in [0.1, 0.15) is 37.8 Å². The molecule has 0 aliphatic carbocycles. The molecule has 0 N–H and O–H groups in total. The van der Waals surface area contributed by atoms with Crippen LogP contribution in [0.2, 0.25) is 0 Å². The molecule has 110 valence electrons. The fourth-order valence-electron chi connectivity index (χ4n) is 2.32. The Morgan fingerprint density at radius 2 is 1.85 bits per heavy atom. The number of benzene rings is 1. The van der Waals surface area contributed by atoms with E-state index >= 15 is 0 Å². The Hall–Kier alpha value is -1.29. The Kier molecular flexibility index (Phi) is 4.23. The standard InChI is InChI=1S/C16H19F3O/c1-15(2)9-10-20-14(11-15)8-5-12-3-6-13(7-4-12)16(17,18)19/h3-8,14H,9-11H2,1-2H3/b8-5+. The molecule has 20 heavy (non-hydrogen) atoms. The molecule has 0 aromatic heterocycles. The van der Waals surface area contributed by atoms with Crippen molar-refractivity contribution in [2.45, 2.75) is 39.0 Å². The molecule has 1 saturated heterocycles. The summed E-state index contributed by atoms with van der Waals surface area (Å²) in [5.74, 6) is 0. The van der Waals surface area contributed by atoms with Gasteiger partial charge in [0.15, 0.2) is 0 Å². The van der Waals surface area contributed by atoms with Gasteiger partial charge in [0, 0.05) is 6.61 Å². The number of halogens is 3. The molecule has 0 saturated carbocycles. The van der Waals surface area contributed by atoms with Crippen molar-refractivity contribution in [1.29, 1.82) is 0 Å². The summed E-state index contributed by atoms with van der Waals surface area (Å²) in [4.78, 5) is 0. The molecule has 1 atom stereocenters. The van der Waals surface area contributed by atoms with Gasteiger partial charge in [0.05, 0.1) is 11.7 Å². The summed E-state index contributed by atoms with van der Waals surface area (Å²) in [5.41, 5.74) is 0.391. The van der Waals surface area contributed by atoms with Crippen molar-refractivity contribution >= 4 is 6.08 Å². The van der Waals surface area contributed by atoms with Crippen LogP contribution >= 0.6 is 0 Å². The van der Waals surface area contributed by atoms with E-state index in [0.717, 1.165) is 37.1 Å². The van der Waals surface area contributed by atoms with E-state index in [1.807, 2.05) is 12.2 Å². The van der Waals surface area contributed by atoms with Crippen LogP contribution in [0.4, 0.5) is 13.2 Å². The van der Waals surface area contributed by atoms with Crippen LogP contribution in [-0.2, 0) is 10.9 Å². The Labute approximate surface area is 117 Å². The minimum atomic E-state index is -4.28. The van der Waals surface area contributed by atoms with E-state index in [1.165, 1.54) is 12.1 Å². The molecule has 1 heterocycles. The lowest BCUT2D eigenvalue weighted by Crippen LogP contribution is -2.29. The Bertz CT molecular complexity index is 471. The lowest BCUT2D eigenvalue weighted by Gasteiger charge is -2.33. The maximum absolute atomic E-state index is 12.4. The van der Waals surface area contributed by atoms with Crippen LogP contribution < -0.4 is 0 Å². The minimum Gasteiger partial charge on any atom is -0.374 e. The highest BCUT2D eigenvalue weighted by atomic mass is 19.4. The van der Waals surface area contributed by atoms with Gasteiger partial charge in [-0.15, -0.1) is 0 Å². The van der Waals surface area contributed by atoms with Crippen molar-refractivity contribution in [3.05, 3.63) is 41.5 Å². The predicted molar refractivity (Wildman–Crippen MR) is 73.2 cm³/mol. The van der Waals surface area contributed by atoms with Crippen LogP contribution in [0, 0.1) is 5.41 Å². The third-order valence-corrected chi connectivity index (χ3v) is 3.61. The normalized spacial score (nSPS) is 23.1. The van der Waals surface area contributed by atoms with Crippen molar-refractivity contribution in [1.82, 2.24) is 0 Å². The molecule has 4 heteroatoms. The van der Waals surface area contributed by atoms with Gasteiger partial charge in [0.2, 0.25) is 0 Å². The van der Waals surface area contributed by atoms with Gasteiger partial charge < -0.3 is 4.74 Å². The Morgan fingerprint density at radius 1 is 1.20 bits per heavy atom. The van der Waals surface area contributed by atoms with Crippen molar-refractivity contribution in [2.24, 2.45) is 5.41 Å². The second kappa shape index (κ2) is 5.60. The molecule has 0 radical (unpaired) electrons. The Morgan fingerprint density at radius 3 is 2.40 bits per heavy atom. The van der Waals surface area contributed by atoms with E-state index in [0.29, 0.717) is 0 Å². The van der Waals surface area contributed by atoms with Crippen LogP contribution in [0.15, 0.2) is 30.3 Å². The summed E-state index contributed by atoms with van der Waals surface area (Å²) >= 11 is 0. The third kappa shape index (κ3) is 4.10. The van der Waals surface area contributed by atoms with Gasteiger partial charge in [0.25, 0.3) is 0 Å². The summed E-state index contributed by atoms with van der Waals surface area (Å²) in [7, 11) is 0. The van der Waals surface area contributed by atoms with Crippen LogP contribution in [-0.4, -0.2) is 12.7 Å². The molecule has 1 unspecified atom stereocenters. The molecule has 1 aliphatic heterocycles. The SMILES string of the molecule is CC1(C)CCOC(/C=C/c2ccc(C(F)(F)F)cc2)C1. The number of alkyl halides is 3. The molecular weight excluding hydrogens is 265 g/mol. The molecule has 1 fully saturated rings. The first kappa shape index (κ1) is 15.1. The monoisotopic (exact) mass is 284 g/mol. The second-order valence-corrected chi connectivity index (χ2v) is 6.01. The van der Waals surface area contributed by atoms with E-state index in [2.05, 4.69) is 13.8 Å². The first-order valence-corrected chi connectivity index (χ1v) is 6.73. The van der Waals surface area contributed by atoms with Gasteiger partial charge in [-0.2, -0.15) is 13.2 Å². The number of hydrogen-bond acceptors (Lipinski definition) is 1. The van der Waals surface area contributed by atoms with Gasteiger partial charge in [0.1, 0.15) is 0 Å². The zero-order valence-corrected chi connectivity index (χ0v) is 11.7. The predicted octanol–water partition coefficient (Wildman–Crippen LogP) is 4.92. The molecule has 1 aliphatic rings. The minimum absolute atomic E-state index is 0.0426. The fraction of sp³-hybridized carbons (Fsp3) is 0.500. The fourth-order valence-corrected chi connectivity index (χ4v) is 2.32. The lowest BCUT2D eigenvalue weighted by atomic mass is 9.82. The van der Waals surface area contributed by atoms with Gasteiger partial charge in [-0.25, -0.2) is 0 Å². The van der Waals surface area contributed by atoms with Gasteiger partial charge >= 0.3 is 6.18 Å². The van der Waals surface area contributed by atoms with Crippen LogP contribution in [0.3, 0.4) is 0 Å². The van der Waals surface area contributed by atoms with E-state index in [-0.39, 0.29) is 11.5 Å². The smallest absolute Gasteiger partial charge is 0.374 e. The number of rotatable bonds is 2. The molecule has 1 aromatic rings. The summed E-state index contributed by atoms with van der Waals surface area (Å²) in [5, 5.41) is 0. The maximum Gasteiger partial charge on any atom is 0.416 e. The van der Waals surface area contributed by atoms with Crippen molar-refractivity contribution in [2.75, 3.05) is 6.61 Å². The van der Waals surface area contributed by atoms with E-state index in [9.17, 15) is 13.2 Å². The highest BCUT2D eigenvalue weighted by Crippen LogP contribution is 2.33. The molecule has 0 bridgehead atoms. The largest absolute Gasteiger partial charge is 0.416 e. The van der Waals surface area contributed by atoms with Gasteiger partial charge in [-0.1, -0.05) is 38.1 Å². The summed E-state index contributed by atoms with van der Waals surface area (Å²) < 4.78 is 43.0. The van der Waals surface area contributed by atoms with E-state index in [1.54, 1.807) is 0 Å².